The Balaban J connectivity index is 2.45. The Morgan fingerprint density at radius 3 is 1.97 bits per heavy atom. The van der Waals surface area contributed by atoms with Crippen molar-refractivity contribution in [2.24, 2.45) is 0 Å². The van der Waals surface area contributed by atoms with Crippen molar-refractivity contribution in [2.45, 2.75) is 34.6 Å². The third-order valence-corrected chi connectivity index (χ3v) is 5.36. The van der Waals surface area contributed by atoms with Crippen molar-refractivity contribution in [2.75, 3.05) is 32.2 Å². The number of benzene rings is 1. The van der Waals surface area contributed by atoms with Gasteiger partial charge in [0.05, 0.1) is 25.4 Å². The molecule has 7 nitrogen and oxygen atoms in total. The summed E-state index contributed by atoms with van der Waals surface area (Å²) in [6.07, 6.45) is 0. The van der Waals surface area contributed by atoms with Crippen LogP contribution in [0, 0.1) is 13.8 Å². The van der Waals surface area contributed by atoms with Crippen LogP contribution in [0.5, 0.6) is 17.2 Å². The summed E-state index contributed by atoms with van der Waals surface area (Å²) in [4.78, 5) is 26.2. The maximum atomic E-state index is 13.0. The maximum Gasteiger partial charge on any atom is 0.256 e. The van der Waals surface area contributed by atoms with Gasteiger partial charge in [0.15, 0.2) is 11.5 Å². The first-order valence-electron chi connectivity index (χ1n) is 9.57. The molecule has 0 saturated carbocycles. The molecule has 2 aromatic rings. The predicted molar refractivity (Wildman–Crippen MR) is 115 cm³/mol. The second-order valence-corrected chi connectivity index (χ2v) is 7.35. The van der Waals surface area contributed by atoms with E-state index >= 15 is 0 Å². The van der Waals surface area contributed by atoms with Crippen LogP contribution < -0.4 is 24.8 Å². The van der Waals surface area contributed by atoms with Crippen molar-refractivity contribution in [3.8, 4) is 17.2 Å². The number of rotatable bonds is 9. The Morgan fingerprint density at radius 1 is 0.931 bits per heavy atom. The minimum Gasteiger partial charge on any atom is -0.490 e. The molecule has 0 aliphatic heterocycles. The minimum absolute atomic E-state index is 0.237. The van der Waals surface area contributed by atoms with E-state index < -0.39 is 0 Å². The highest BCUT2D eigenvalue weighted by atomic mass is 32.1. The van der Waals surface area contributed by atoms with Crippen LogP contribution in [0.15, 0.2) is 12.1 Å². The molecule has 0 aliphatic rings. The van der Waals surface area contributed by atoms with Crippen LogP contribution in [0.3, 0.4) is 0 Å². The molecule has 0 atom stereocenters. The normalized spacial score (nSPS) is 10.4. The molecule has 29 heavy (non-hydrogen) atoms. The van der Waals surface area contributed by atoms with E-state index in [4.69, 9.17) is 14.2 Å². The van der Waals surface area contributed by atoms with E-state index in [2.05, 4.69) is 10.6 Å². The molecule has 0 saturated heterocycles. The van der Waals surface area contributed by atoms with Gasteiger partial charge in [0.25, 0.3) is 11.8 Å². The van der Waals surface area contributed by atoms with E-state index in [1.165, 1.54) is 11.3 Å². The number of anilines is 1. The lowest BCUT2D eigenvalue weighted by atomic mass is 10.1. The predicted octanol–water partition coefficient (Wildman–Crippen LogP) is 4.17. The Kier molecular flexibility index (Phi) is 7.90. The molecule has 1 aromatic carbocycles. The number of amides is 2. The summed E-state index contributed by atoms with van der Waals surface area (Å²) < 4.78 is 17.0. The zero-order chi connectivity index (χ0) is 21.6. The molecule has 2 rings (SSSR count). The second-order valence-electron chi connectivity index (χ2n) is 6.12. The molecule has 2 N–H and O–H groups in total. The summed E-state index contributed by atoms with van der Waals surface area (Å²) in [5.74, 6) is 0.757. The summed E-state index contributed by atoms with van der Waals surface area (Å²) in [6, 6.07) is 3.25. The third kappa shape index (κ3) is 5.00. The molecule has 1 heterocycles. The average Bonchev–Trinajstić information content (AvgIpc) is 2.97. The SMILES string of the molecule is CCOc1cc(C(=O)Nc2sc(C)c(C)c2C(=O)NC)cc(OCC)c1OCC. The second kappa shape index (κ2) is 10.2. The van der Waals surface area contributed by atoms with Crippen LogP contribution in [0.2, 0.25) is 0 Å². The molecule has 0 radical (unpaired) electrons. The van der Waals surface area contributed by atoms with Crippen LogP contribution in [0.4, 0.5) is 5.00 Å². The molecule has 0 fully saturated rings. The number of aryl methyl sites for hydroxylation is 1. The number of hydrogen-bond acceptors (Lipinski definition) is 6. The maximum absolute atomic E-state index is 13.0. The molecule has 0 aliphatic carbocycles. The lowest BCUT2D eigenvalue weighted by Crippen LogP contribution is -2.21. The van der Waals surface area contributed by atoms with Crippen molar-refractivity contribution in [1.29, 1.82) is 0 Å². The van der Waals surface area contributed by atoms with E-state index in [-0.39, 0.29) is 11.8 Å². The van der Waals surface area contributed by atoms with E-state index in [1.807, 2.05) is 34.6 Å². The molecule has 0 bridgehead atoms. The number of thiophene rings is 1. The largest absolute Gasteiger partial charge is 0.490 e. The summed E-state index contributed by atoms with van der Waals surface area (Å²) in [5, 5.41) is 5.99. The Morgan fingerprint density at radius 2 is 1.48 bits per heavy atom. The van der Waals surface area contributed by atoms with Crippen LogP contribution in [0.1, 0.15) is 51.9 Å². The van der Waals surface area contributed by atoms with Gasteiger partial charge in [-0.1, -0.05) is 0 Å². The zero-order valence-corrected chi connectivity index (χ0v) is 18.5. The van der Waals surface area contributed by atoms with Crippen molar-refractivity contribution < 1.29 is 23.8 Å². The lowest BCUT2D eigenvalue weighted by molar-refractivity contribution is 0.0963. The molecular weight excluding hydrogens is 392 g/mol. The molecule has 8 heteroatoms. The first kappa shape index (κ1) is 22.5. The van der Waals surface area contributed by atoms with Gasteiger partial charge in [-0.25, -0.2) is 0 Å². The van der Waals surface area contributed by atoms with Crippen molar-refractivity contribution in [3.63, 3.8) is 0 Å². The first-order valence-corrected chi connectivity index (χ1v) is 10.4. The van der Waals surface area contributed by atoms with E-state index in [0.29, 0.717) is 53.2 Å². The van der Waals surface area contributed by atoms with E-state index in [9.17, 15) is 9.59 Å². The van der Waals surface area contributed by atoms with E-state index in [1.54, 1.807) is 19.2 Å². The quantitative estimate of drug-likeness (QED) is 0.636. The van der Waals surface area contributed by atoms with Gasteiger partial charge in [0, 0.05) is 17.5 Å². The fourth-order valence-corrected chi connectivity index (χ4v) is 3.86. The Hall–Kier alpha value is -2.74. The van der Waals surface area contributed by atoms with Gasteiger partial charge in [-0.05, 0) is 52.3 Å². The first-order chi connectivity index (χ1) is 13.9. The fourth-order valence-electron chi connectivity index (χ4n) is 2.81. The standard InChI is InChI=1S/C21H28N2O5S/c1-7-26-15-10-14(11-16(27-8-2)18(15)28-9-3)19(24)23-21-17(20(25)22-6)12(4)13(5)29-21/h10-11H,7-9H2,1-6H3,(H,22,25)(H,23,24). The van der Waals surface area contributed by atoms with Crippen LogP contribution in [-0.4, -0.2) is 38.7 Å². The van der Waals surface area contributed by atoms with Gasteiger partial charge in [-0.2, -0.15) is 0 Å². The number of carbonyl (C=O) groups is 2. The zero-order valence-electron chi connectivity index (χ0n) is 17.7. The molecule has 2 amide bonds. The lowest BCUT2D eigenvalue weighted by Gasteiger charge is -2.17. The van der Waals surface area contributed by atoms with E-state index in [0.717, 1.165) is 10.4 Å². The van der Waals surface area contributed by atoms with Gasteiger partial charge < -0.3 is 24.8 Å². The summed E-state index contributed by atoms with van der Waals surface area (Å²) in [6.45, 7) is 10.6. The molecular formula is C21H28N2O5S. The van der Waals surface area contributed by atoms with Crippen molar-refractivity contribution in [1.82, 2.24) is 5.32 Å². The fraction of sp³-hybridized carbons (Fsp3) is 0.429. The van der Waals surface area contributed by atoms with Gasteiger partial charge in [0.1, 0.15) is 5.00 Å². The highest BCUT2D eigenvalue weighted by Gasteiger charge is 2.23. The highest BCUT2D eigenvalue weighted by molar-refractivity contribution is 7.16. The molecule has 158 valence electrons. The van der Waals surface area contributed by atoms with Crippen LogP contribution in [0.25, 0.3) is 0 Å². The van der Waals surface area contributed by atoms with Gasteiger partial charge in [0.2, 0.25) is 5.75 Å². The summed E-state index contributed by atoms with van der Waals surface area (Å²) >= 11 is 1.37. The highest BCUT2D eigenvalue weighted by Crippen LogP contribution is 2.40. The minimum atomic E-state index is -0.360. The number of hydrogen-bond donors (Lipinski definition) is 2. The molecule has 0 spiro atoms. The topological polar surface area (TPSA) is 85.9 Å². The number of nitrogens with one attached hydrogen (secondary N) is 2. The summed E-state index contributed by atoms with van der Waals surface area (Å²) in [5.41, 5.74) is 1.68. The molecule has 1 aromatic heterocycles. The van der Waals surface area contributed by atoms with Gasteiger partial charge in [-0.15, -0.1) is 11.3 Å². The molecule has 0 unspecified atom stereocenters. The number of carbonyl (C=O) groups excluding carboxylic acids is 2. The monoisotopic (exact) mass is 420 g/mol. The van der Waals surface area contributed by atoms with Crippen LogP contribution in [-0.2, 0) is 0 Å². The Labute approximate surface area is 175 Å². The average molecular weight is 421 g/mol. The third-order valence-electron chi connectivity index (χ3n) is 4.24. The number of ether oxygens (including phenoxy) is 3. The smallest absolute Gasteiger partial charge is 0.256 e. The van der Waals surface area contributed by atoms with Crippen LogP contribution >= 0.6 is 11.3 Å². The summed E-state index contributed by atoms with van der Waals surface area (Å²) in [7, 11) is 1.57. The van der Waals surface area contributed by atoms with Gasteiger partial charge in [-0.3, -0.25) is 9.59 Å². The van der Waals surface area contributed by atoms with Gasteiger partial charge >= 0.3 is 0 Å². The van der Waals surface area contributed by atoms with Crippen molar-refractivity contribution >= 4 is 28.2 Å². The Bertz CT molecular complexity index is 864. The van der Waals surface area contributed by atoms with Crippen molar-refractivity contribution in [3.05, 3.63) is 33.7 Å².